The molecule has 1 aliphatic rings. The van der Waals surface area contributed by atoms with E-state index in [1.54, 1.807) is 11.0 Å². The zero-order chi connectivity index (χ0) is 15.6. The number of nitrogen functional groups attached to an aromatic ring is 1. The molecule has 1 fully saturated rings. The summed E-state index contributed by atoms with van der Waals surface area (Å²) in [6, 6.07) is 4.25. The Hall–Kier alpha value is -2.11. The minimum atomic E-state index is -0.558. The van der Waals surface area contributed by atoms with Gasteiger partial charge in [-0.05, 0) is 36.8 Å². The van der Waals surface area contributed by atoms with E-state index in [9.17, 15) is 14.9 Å². The van der Waals surface area contributed by atoms with Crippen LogP contribution in [0, 0.1) is 15.5 Å². The van der Waals surface area contributed by atoms with E-state index >= 15 is 0 Å². The normalized spacial score (nSPS) is 18.1. The predicted molar refractivity (Wildman–Crippen MR) is 81.0 cm³/mol. The fourth-order valence-corrected chi connectivity index (χ4v) is 2.64. The summed E-state index contributed by atoms with van der Waals surface area (Å²) >= 11 is 0. The molecule has 0 bridgehead atoms. The summed E-state index contributed by atoms with van der Waals surface area (Å²) in [6.45, 7) is 5.79. The Morgan fingerprint density at radius 2 is 2.05 bits per heavy atom. The van der Waals surface area contributed by atoms with Crippen LogP contribution in [0.1, 0.15) is 43.5 Å². The molecule has 0 saturated carbocycles. The highest BCUT2D eigenvalue weighted by Crippen LogP contribution is 2.30. The average molecular weight is 291 g/mol. The van der Waals surface area contributed by atoms with Gasteiger partial charge >= 0.3 is 0 Å². The van der Waals surface area contributed by atoms with Crippen molar-refractivity contribution in [2.24, 2.45) is 5.41 Å². The Morgan fingerprint density at radius 1 is 1.33 bits per heavy atom. The van der Waals surface area contributed by atoms with E-state index in [0.29, 0.717) is 18.7 Å². The number of nitrogens with two attached hydrogens (primary N) is 1. The Kier molecular flexibility index (Phi) is 4.16. The molecule has 0 atom stereocenters. The number of carbonyl (C=O) groups is 1. The lowest BCUT2D eigenvalue weighted by Crippen LogP contribution is -2.32. The lowest BCUT2D eigenvalue weighted by Gasteiger charge is -2.23. The Labute approximate surface area is 124 Å². The standard InChI is InChI=1S/C15H21N3O3/c1-15(2)6-3-8-17(9-7-15)14(19)11-4-5-12(16)13(10-11)18(20)21/h4-5,10H,3,6-9,16H2,1-2H3. The van der Waals surface area contributed by atoms with Crippen LogP contribution in [0.3, 0.4) is 0 Å². The molecule has 2 rings (SSSR count). The van der Waals surface area contributed by atoms with Crippen LogP contribution in [0.5, 0.6) is 0 Å². The minimum Gasteiger partial charge on any atom is -0.393 e. The number of carbonyl (C=O) groups excluding carboxylic acids is 1. The summed E-state index contributed by atoms with van der Waals surface area (Å²) < 4.78 is 0. The molecule has 1 amide bonds. The second-order valence-corrected chi connectivity index (χ2v) is 6.34. The molecule has 0 aromatic heterocycles. The number of nitro benzene ring substituents is 1. The number of benzene rings is 1. The van der Waals surface area contributed by atoms with Gasteiger partial charge in [0.15, 0.2) is 0 Å². The predicted octanol–water partition coefficient (Wildman–Crippen LogP) is 2.83. The van der Waals surface area contributed by atoms with E-state index in [4.69, 9.17) is 5.73 Å². The lowest BCUT2D eigenvalue weighted by molar-refractivity contribution is -0.383. The van der Waals surface area contributed by atoms with Crippen LogP contribution in [-0.4, -0.2) is 28.8 Å². The molecule has 21 heavy (non-hydrogen) atoms. The van der Waals surface area contributed by atoms with Crippen LogP contribution in [-0.2, 0) is 0 Å². The smallest absolute Gasteiger partial charge is 0.292 e. The number of hydrogen-bond donors (Lipinski definition) is 1. The third kappa shape index (κ3) is 3.51. The first-order chi connectivity index (χ1) is 9.80. The van der Waals surface area contributed by atoms with E-state index < -0.39 is 4.92 Å². The van der Waals surface area contributed by atoms with Crippen LogP contribution in [0.25, 0.3) is 0 Å². The van der Waals surface area contributed by atoms with Crippen molar-refractivity contribution in [1.29, 1.82) is 0 Å². The third-order valence-electron chi connectivity index (χ3n) is 4.10. The fraction of sp³-hybridized carbons (Fsp3) is 0.533. The van der Waals surface area contributed by atoms with Gasteiger partial charge in [-0.15, -0.1) is 0 Å². The van der Waals surface area contributed by atoms with Crippen molar-refractivity contribution in [2.45, 2.75) is 33.1 Å². The second kappa shape index (κ2) is 5.71. The maximum absolute atomic E-state index is 12.5. The largest absolute Gasteiger partial charge is 0.393 e. The molecule has 0 unspecified atom stereocenters. The van der Waals surface area contributed by atoms with Gasteiger partial charge in [-0.2, -0.15) is 0 Å². The summed E-state index contributed by atoms with van der Waals surface area (Å²) in [5.41, 5.74) is 6.00. The van der Waals surface area contributed by atoms with Gasteiger partial charge in [-0.1, -0.05) is 13.8 Å². The minimum absolute atomic E-state index is 0.0774. The van der Waals surface area contributed by atoms with Crippen molar-refractivity contribution < 1.29 is 9.72 Å². The van der Waals surface area contributed by atoms with Gasteiger partial charge in [0, 0.05) is 24.7 Å². The van der Waals surface area contributed by atoms with Gasteiger partial charge in [-0.25, -0.2) is 0 Å². The highest BCUT2D eigenvalue weighted by molar-refractivity contribution is 5.95. The van der Waals surface area contributed by atoms with Gasteiger partial charge < -0.3 is 10.6 Å². The van der Waals surface area contributed by atoms with Crippen molar-refractivity contribution in [3.8, 4) is 0 Å². The quantitative estimate of drug-likeness (QED) is 0.515. The first-order valence-corrected chi connectivity index (χ1v) is 7.13. The molecule has 6 nitrogen and oxygen atoms in total. The van der Waals surface area contributed by atoms with Gasteiger partial charge in [0.25, 0.3) is 11.6 Å². The molecule has 2 N–H and O–H groups in total. The van der Waals surface area contributed by atoms with Crippen LogP contribution < -0.4 is 5.73 Å². The first-order valence-electron chi connectivity index (χ1n) is 7.13. The zero-order valence-corrected chi connectivity index (χ0v) is 12.5. The third-order valence-corrected chi connectivity index (χ3v) is 4.10. The molecule has 0 radical (unpaired) electrons. The van der Waals surface area contributed by atoms with Crippen molar-refractivity contribution >= 4 is 17.3 Å². The monoisotopic (exact) mass is 291 g/mol. The molecule has 6 heteroatoms. The summed E-state index contributed by atoms with van der Waals surface area (Å²) in [4.78, 5) is 24.6. The van der Waals surface area contributed by atoms with E-state index in [1.807, 2.05) is 0 Å². The first kappa shape index (κ1) is 15.3. The number of rotatable bonds is 2. The Balaban J connectivity index is 2.20. The number of likely N-dealkylation sites (tertiary alicyclic amines) is 1. The van der Waals surface area contributed by atoms with Gasteiger partial charge in [0.2, 0.25) is 0 Å². The Morgan fingerprint density at radius 3 is 2.71 bits per heavy atom. The van der Waals surface area contributed by atoms with Gasteiger partial charge in [0.1, 0.15) is 5.69 Å². The Bertz CT molecular complexity index is 569. The number of nitro groups is 1. The van der Waals surface area contributed by atoms with E-state index in [-0.39, 0.29) is 22.7 Å². The second-order valence-electron chi connectivity index (χ2n) is 6.34. The lowest BCUT2D eigenvalue weighted by atomic mass is 9.85. The molecule has 0 aliphatic carbocycles. The topological polar surface area (TPSA) is 89.5 Å². The van der Waals surface area contributed by atoms with E-state index in [1.165, 1.54) is 12.1 Å². The molecule has 0 spiro atoms. The molecule has 1 aromatic carbocycles. The molecule has 1 aromatic rings. The van der Waals surface area contributed by atoms with Crippen molar-refractivity contribution in [1.82, 2.24) is 4.90 Å². The molecule has 1 aliphatic heterocycles. The summed E-state index contributed by atoms with van der Waals surface area (Å²) in [6.07, 6.45) is 2.98. The maximum Gasteiger partial charge on any atom is 0.292 e. The number of nitrogens with zero attached hydrogens (tertiary/aromatic N) is 2. The number of anilines is 1. The van der Waals surface area contributed by atoms with Crippen molar-refractivity contribution in [2.75, 3.05) is 18.8 Å². The summed E-state index contributed by atoms with van der Waals surface area (Å²) in [5.74, 6) is -0.157. The summed E-state index contributed by atoms with van der Waals surface area (Å²) in [7, 11) is 0. The van der Waals surface area contributed by atoms with Crippen LogP contribution in [0.4, 0.5) is 11.4 Å². The zero-order valence-electron chi connectivity index (χ0n) is 12.5. The van der Waals surface area contributed by atoms with Crippen molar-refractivity contribution in [3.05, 3.63) is 33.9 Å². The SMILES string of the molecule is CC1(C)CCCN(C(=O)c2ccc(N)c([N+](=O)[O-])c2)CC1. The van der Waals surface area contributed by atoms with Crippen LogP contribution in [0.15, 0.2) is 18.2 Å². The fourth-order valence-electron chi connectivity index (χ4n) is 2.64. The van der Waals surface area contributed by atoms with Gasteiger partial charge in [0.05, 0.1) is 4.92 Å². The molecule has 1 saturated heterocycles. The molecular formula is C15H21N3O3. The highest BCUT2D eigenvalue weighted by Gasteiger charge is 2.26. The van der Waals surface area contributed by atoms with Crippen LogP contribution in [0.2, 0.25) is 0 Å². The average Bonchev–Trinajstić information content (AvgIpc) is 2.59. The summed E-state index contributed by atoms with van der Waals surface area (Å²) in [5, 5.41) is 10.9. The molecule has 1 heterocycles. The number of hydrogen-bond acceptors (Lipinski definition) is 4. The van der Waals surface area contributed by atoms with Gasteiger partial charge in [-0.3, -0.25) is 14.9 Å². The van der Waals surface area contributed by atoms with E-state index in [2.05, 4.69) is 13.8 Å². The number of amides is 1. The van der Waals surface area contributed by atoms with Crippen LogP contribution >= 0.6 is 0 Å². The highest BCUT2D eigenvalue weighted by atomic mass is 16.6. The maximum atomic E-state index is 12.5. The van der Waals surface area contributed by atoms with E-state index in [0.717, 1.165) is 19.3 Å². The molecule has 114 valence electrons. The van der Waals surface area contributed by atoms with Crippen molar-refractivity contribution in [3.63, 3.8) is 0 Å². The molecular weight excluding hydrogens is 270 g/mol.